The minimum Gasteiger partial charge on any atom is -0.488 e. The van der Waals surface area contributed by atoms with Crippen LogP contribution < -0.4 is 10.1 Å². The summed E-state index contributed by atoms with van der Waals surface area (Å²) in [4.78, 5) is 2.68. The van der Waals surface area contributed by atoms with E-state index in [1.54, 1.807) is 0 Å². The Labute approximate surface area is 127 Å². The number of para-hydroxylation sites is 1. The first kappa shape index (κ1) is 13.6. The van der Waals surface area contributed by atoms with Gasteiger partial charge in [-0.2, -0.15) is 0 Å². The third-order valence-electron chi connectivity index (χ3n) is 5.12. The number of fused-ring (bicyclic) bond motifs is 1. The average Bonchev–Trinajstić information content (AvgIpc) is 3.25. The van der Waals surface area contributed by atoms with Crippen molar-refractivity contribution in [1.29, 1.82) is 0 Å². The van der Waals surface area contributed by atoms with Crippen molar-refractivity contribution in [2.45, 2.75) is 56.7 Å². The highest BCUT2D eigenvalue weighted by Crippen LogP contribution is 2.29. The summed E-state index contributed by atoms with van der Waals surface area (Å²) in [5, 5.41) is 3.72. The van der Waals surface area contributed by atoms with Gasteiger partial charge in [-0.05, 0) is 43.9 Å². The van der Waals surface area contributed by atoms with E-state index < -0.39 is 0 Å². The van der Waals surface area contributed by atoms with Crippen molar-refractivity contribution < 1.29 is 4.74 Å². The largest absolute Gasteiger partial charge is 0.488 e. The number of hydrogen-bond acceptors (Lipinski definition) is 3. The normalized spacial score (nSPS) is 29.1. The van der Waals surface area contributed by atoms with Gasteiger partial charge in [0, 0.05) is 31.6 Å². The Bertz CT molecular complexity index is 461. The highest BCUT2D eigenvalue weighted by atomic mass is 16.5. The summed E-state index contributed by atoms with van der Waals surface area (Å²) in [6.45, 7) is 3.50. The molecule has 21 heavy (non-hydrogen) atoms. The van der Waals surface area contributed by atoms with Crippen LogP contribution in [-0.4, -0.2) is 42.7 Å². The number of nitrogens with zero attached hydrogens (tertiary/aromatic N) is 1. The molecule has 1 N–H and O–H groups in total. The zero-order valence-electron chi connectivity index (χ0n) is 12.8. The van der Waals surface area contributed by atoms with Gasteiger partial charge < -0.3 is 10.1 Å². The second kappa shape index (κ2) is 5.98. The van der Waals surface area contributed by atoms with Crippen LogP contribution >= 0.6 is 0 Å². The number of nitrogens with one attached hydrogen (secondary N) is 1. The number of piperidine rings is 1. The van der Waals surface area contributed by atoms with Gasteiger partial charge in [0.15, 0.2) is 0 Å². The molecule has 0 bridgehead atoms. The molecule has 4 rings (SSSR count). The summed E-state index contributed by atoms with van der Waals surface area (Å²) < 4.78 is 6.13. The molecule has 2 unspecified atom stereocenters. The van der Waals surface area contributed by atoms with Crippen LogP contribution in [0, 0.1) is 0 Å². The lowest BCUT2D eigenvalue weighted by atomic mass is 10.0. The Morgan fingerprint density at radius 2 is 2.05 bits per heavy atom. The molecule has 1 saturated heterocycles. The van der Waals surface area contributed by atoms with Gasteiger partial charge in [0.2, 0.25) is 0 Å². The molecule has 1 aromatic carbocycles. The second-order valence-corrected chi connectivity index (χ2v) is 6.88. The van der Waals surface area contributed by atoms with Gasteiger partial charge in [-0.25, -0.2) is 0 Å². The molecule has 0 amide bonds. The molecule has 2 fully saturated rings. The number of rotatable bonds is 5. The van der Waals surface area contributed by atoms with E-state index in [0.717, 1.165) is 24.8 Å². The SMILES string of the molecule is c1ccc2c(c1)CC(CN1CCCCC1CNC1CC1)O2. The van der Waals surface area contributed by atoms with Gasteiger partial charge in [0.05, 0.1) is 0 Å². The van der Waals surface area contributed by atoms with Crippen LogP contribution in [-0.2, 0) is 6.42 Å². The van der Waals surface area contributed by atoms with Crippen LogP contribution in [0.1, 0.15) is 37.7 Å². The fraction of sp³-hybridized carbons (Fsp3) is 0.667. The molecule has 3 aliphatic rings. The summed E-state index contributed by atoms with van der Waals surface area (Å²) in [7, 11) is 0. The molecule has 0 spiro atoms. The maximum absolute atomic E-state index is 6.13. The Morgan fingerprint density at radius 1 is 1.14 bits per heavy atom. The van der Waals surface area contributed by atoms with E-state index >= 15 is 0 Å². The predicted molar refractivity (Wildman–Crippen MR) is 84.8 cm³/mol. The fourth-order valence-electron chi connectivity index (χ4n) is 3.74. The number of likely N-dealkylation sites (tertiary alicyclic amines) is 1. The molecule has 1 aliphatic carbocycles. The molecule has 3 heteroatoms. The van der Waals surface area contributed by atoms with Crippen molar-refractivity contribution in [3.8, 4) is 5.75 Å². The summed E-state index contributed by atoms with van der Waals surface area (Å²) in [6.07, 6.45) is 8.28. The fourth-order valence-corrected chi connectivity index (χ4v) is 3.74. The van der Waals surface area contributed by atoms with Gasteiger partial charge in [-0.1, -0.05) is 24.6 Å². The highest BCUT2D eigenvalue weighted by molar-refractivity contribution is 5.37. The standard InChI is InChI=1S/C18H26N2O/c1-2-7-18-14(5-1)11-17(21-18)13-20-10-4-3-6-16(20)12-19-15-8-9-15/h1-2,5,7,15-17,19H,3-4,6,8-13H2. The van der Waals surface area contributed by atoms with Crippen LogP contribution in [0.3, 0.4) is 0 Å². The minimum absolute atomic E-state index is 0.351. The number of hydrogen-bond donors (Lipinski definition) is 1. The van der Waals surface area contributed by atoms with Crippen molar-refractivity contribution in [3.05, 3.63) is 29.8 Å². The highest BCUT2D eigenvalue weighted by Gasteiger charge is 2.30. The van der Waals surface area contributed by atoms with Crippen molar-refractivity contribution in [1.82, 2.24) is 10.2 Å². The molecule has 0 radical (unpaired) electrons. The maximum atomic E-state index is 6.13. The third kappa shape index (κ3) is 3.24. The Balaban J connectivity index is 1.34. The molecule has 114 valence electrons. The molecule has 2 heterocycles. The summed E-state index contributed by atoms with van der Waals surface area (Å²) in [5.74, 6) is 1.10. The first-order chi connectivity index (χ1) is 10.4. The van der Waals surface area contributed by atoms with E-state index in [0.29, 0.717) is 12.1 Å². The Morgan fingerprint density at radius 3 is 2.90 bits per heavy atom. The Kier molecular flexibility index (Phi) is 3.87. The maximum Gasteiger partial charge on any atom is 0.123 e. The zero-order valence-corrected chi connectivity index (χ0v) is 12.8. The van der Waals surface area contributed by atoms with E-state index in [1.807, 2.05) is 0 Å². The Hall–Kier alpha value is -1.06. The monoisotopic (exact) mass is 286 g/mol. The lowest BCUT2D eigenvalue weighted by Crippen LogP contribution is -2.49. The topological polar surface area (TPSA) is 24.5 Å². The van der Waals surface area contributed by atoms with E-state index in [-0.39, 0.29) is 0 Å². The van der Waals surface area contributed by atoms with Crippen molar-refractivity contribution >= 4 is 0 Å². The number of ether oxygens (including phenoxy) is 1. The summed E-state index contributed by atoms with van der Waals surface area (Å²) in [6, 6.07) is 10.0. The first-order valence-corrected chi connectivity index (χ1v) is 8.60. The van der Waals surface area contributed by atoms with Crippen molar-refractivity contribution in [2.24, 2.45) is 0 Å². The molecule has 2 aliphatic heterocycles. The first-order valence-electron chi connectivity index (χ1n) is 8.60. The molecule has 3 nitrogen and oxygen atoms in total. The molecule has 2 atom stereocenters. The number of benzene rings is 1. The van der Waals surface area contributed by atoms with Crippen molar-refractivity contribution in [3.63, 3.8) is 0 Å². The molecule has 1 saturated carbocycles. The minimum atomic E-state index is 0.351. The zero-order chi connectivity index (χ0) is 14.1. The van der Waals surface area contributed by atoms with Gasteiger partial charge in [-0.3, -0.25) is 4.90 Å². The van der Waals surface area contributed by atoms with E-state index in [2.05, 4.69) is 34.5 Å². The lowest BCUT2D eigenvalue weighted by molar-refractivity contribution is 0.0893. The quantitative estimate of drug-likeness (QED) is 0.900. The van der Waals surface area contributed by atoms with E-state index in [4.69, 9.17) is 4.74 Å². The van der Waals surface area contributed by atoms with Crippen molar-refractivity contribution in [2.75, 3.05) is 19.6 Å². The molecule has 1 aromatic rings. The molecular weight excluding hydrogens is 260 g/mol. The van der Waals surface area contributed by atoms with Gasteiger partial charge in [0.1, 0.15) is 11.9 Å². The second-order valence-electron chi connectivity index (χ2n) is 6.88. The summed E-state index contributed by atoms with van der Waals surface area (Å²) >= 11 is 0. The van der Waals surface area contributed by atoms with Crippen LogP contribution in [0.15, 0.2) is 24.3 Å². The summed E-state index contributed by atoms with van der Waals surface area (Å²) in [5.41, 5.74) is 1.38. The lowest BCUT2D eigenvalue weighted by Gasteiger charge is -2.37. The molecular formula is C18H26N2O. The van der Waals surface area contributed by atoms with E-state index in [9.17, 15) is 0 Å². The smallest absolute Gasteiger partial charge is 0.123 e. The average molecular weight is 286 g/mol. The van der Waals surface area contributed by atoms with Crippen LogP contribution in [0.4, 0.5) is 0 Å². The van der Waals surface area contributed by atoms with Gasteiger partial charge in [0.25, 0.3) is 0 Å². The predicted octanol–water partition coefficient (Wildman–Crippen LogP) is 2.60. The third-order valence-corrected chi connectivity index (χ3v) is 5.12. The van der Waals surface area contributed by atoms with Crippen LogP contribution in [0.2, 0.25) is 0 Å². The van der Waals surface area contributed by atoms with Crippen LogP contribution in [0.5, 0.6) is 5.75 Å². The molecule has 0 aromatic heterocycles. The van der Waals surface area contributed by atoms with Gasteiger partial charge >= 0.3 is 0 Å². The van der Waals surface area contributed by atoms with Crippen LogP contribution in [0.25, 0.3) is 0 Å². The van der Waals surface area contributed by atoms with Gasteiger partial charge in [-0.15, -0.1) is 0 Å². The van der Waals surface area contributed by atoms with E-state index in [1.165, 1.54) is 50.8 Å².